The molecule has 0 saturated carbocycles. The van der Waals surface area contributed by atoms with Crippen LogP contribution >= 0.6 is 0 Å². The number of piperidine rings is 1. The van der Waals surface area contributed by atoms with E-state index in [1.54, 1.807) is 0 Å². The molecule has 1 saturated heterocycles. The van der Waals surface area contributed by atoms with Gasteiger partial charge in [0, 0.05) is 6.54 Å². The van der Waals surface area contributed by atoms with Crippen molar-refractivity contribution >= 4 is 0 Å². The van der Waals surface area contributed by atoms with Crippen LogP contribution in [0.15, 0.2) is 18.2 Å². The first-order valence-corrected chi connectivity index (χ1v) is 7.65. The lowest BCUT2D eigenvalue weighted by atomic mass is 9.96. The summed E-state index contributed by atoms with van der Waals surface area (Å²) < 4.78 is 0. The third-order valence-corrected chi connectivity index (χ3v) is 4.37. The third kappa shape index (κ3) is 4.06. The van der Waals surface area contributed by atoms with Gasteiger partial charge in [0.1, 0.15) is 0 Å². The summed E-state index contributed by atoms with van der Waals surface area (Å²) in [5.41, 5.74) is 3.26. The molecule has 3 nitrogen and oxygen atoms in total. The van der Waals surface area contributed by atoms with Gasteiger partial charge in [0.15, 0.2) is 0 Å². The summed E-state index contributed by atoms with van der Waals surface area (Å²) in [6.07, 6.45) is 2.63. The minimum atomic E-state index is 0.748. The summed E-state index contributed by atoms with van der Waals surface area (Å²) in [5.74, 6) is 0.816. The highest BCUT2D eigenvalue weighted by molar-refractivity contribution is 5.37. The van der Waals surface area contributed by atoms with Crippen molar-refractivity contribution in [2.24, 2.45) is 5.92 Å². The molecule has 1 N–H and O–H groups in total. The first kappa shape index (κ1) is 15.0. The fourth-order valence-electron chi connectivity index (χ4n) is 2.88. The predicted octanol–water partition coefficient (Wildman–Crippen LogP) is 2.69. The summed E-state index contributed by atoms with van der Waals surface area (Å²) in [7, 11) is 0. The normalized spacial score (nSPS) is 17.1. The van der Waals surface area contributed by atoms with Crippen LogP contribution in [0, 0.1) is 24.2 Å². The van der Waals surface area contributed by atoms with E-state index in [9.17, 15) is 0 Å². The molecule has 2 rings (SSSR count). The largest absolute Gasteiger partial charge is 0.312 e. The first-order valence-electron chi connectivity index (χ1n) is 7.65. The number of hydrogen-bond acceptors (Lipinski definition) is 3. The van der Waals surface area contributed by atoms with E-state index in [1.807, 2.05) is 12.1 Å². The van der Waals surface area contributed by atoms with Crippen molar-refractivity contribution in [3.05, 3.63) is 34.9 Å². The average Bonchev–Trinajstić information content (AvgIpc) is 2.49. The Morgan fingerprint density at radius 2 is 2.10 bits per heavy atom. The standard InChI is InChI=1S/C17H25N3/c1-3-20-8-6-15(7-9-20)12-19-13-17-5-4-16(11-18)10-14(17)2/h4-5,10,15,19H,3,6-9,12-13H2,1-2H3. The van der Waals surface area contributed by atoms with E-state index in [4.69, 9.17) is 5.26 Å². The van der Waals surface area contributed by atoms with Crippen molar-refractivity contribution in [3.63, 3.8) is 0 Å². The summed E-state index contributed by atoms with van der Waals surface area (Å²) in [4.78, 5) is 2.53. The van der Waals surface area contributed by atoms with Crippen LogP contribution in [0.5, 0.6) is 0 Å². The number of nitriles is 1. The molecule has 0 spiro atoms. The van der Waals surface area contributed by atoms with E-state index >= 15 is 0 Å². The van der Waals surface area contributed by atoms with E-state index in [0.717, 1.165) is 24.6 Å². The molecule has 0 bridgehead atoms. The Morgan fingerprint density at radius 3 is 2.70 bits per heavy atom. The number of benzene rings is 1. The molecule has 1 fully saturated rings. The SMILES string of the molecule is CCN1CCC(CNCc2ccc(C#N)cc2C)CC1. The monoisotopic (exact) mass is 271 g/mol. The summed E-state index contributed by atoms with van der Waals surface area (Å²) >= 11 is 0. The van der Waals surface area contributed by atoms with Crippen molar-refractivity contribution in [1.29, 1.82) is 5.26 Å². The Labute approximate surface area is 122 Å². The molecule has 1 aromatic rings. The smallest absolute Gasteiger partial charge is 0.0991 e. The van der Waals surface area contributed by atoms with Crippen molar-refractivity contribution in [2.75, 3.05) is 26.2 Å². The maximum atomic E-state index is 8.87. The van der Waals surface area contributed by atoms with Gasteiger partial charge in [-0.25, -0.2) is 0 Å². The molecule has 3 heteroatoms. The Kier molecular flexibility index (Phi) is 5.58. The Morgan fingerprint density at radius 1 is 1.35 bits per heavy atom. The molecule has 1 aliphatic heterocycles. The van der Waals surface area contributed by atoms with E-state index in [1.165, 1.54) is 43.6 Å². The van der Waals surface area contributed by atoms with Crippen molar-refractivity contribution in [3.8, 4) is 6.07 Å². The van der Waals surface area contributed by atoms with Crippen LogP contribution in [-0.2, 0) is 6.54 Å². The number of nitrogens with zero attached hydrogens (tertiary/aromatic N) is 2. The highest BCUT2D eigenvalue weighted by Gasteiger charge is 2.17. The summed E-state index contributed by atoms with van der Waals surface area (Å²) in [6.45, 7) is 10.0. The lowest BCUT2D eigenvalue weighted by molar-refractivity contribution is 0.190. The molecule has 0 radical (unpaired) electrons. The molecule has 108 valence electrons. The molecular formula is C17H25N3. The van der Waals surface area contributed by atoms with Gasteiger partial charge < -0.3 is 10.2 Å². The molecule has 0 unspecified atom stereocenters. The fourth-order valence-corrected chi connectivity index (χ4v) is 2.88. The van der Waals surface area contributed by atoms with Crippen LogP contribution in [0.1, 0.15) is 36.5 Å². The first-order chi connectivity index (χ1) is 9.72. The van der Waals surface area contributed by atoms with Crippen LogP contribution in [0.2, 0.25) is 0 Å². The minimum absolute atomic E-state index is 0.748. The third-order valence-electron chi connectivity index (χ3n) is 4.37. The number of aryl methyl sites for hydroxylation is 1. The number of likely N-dealkylation sites (tertiary alicyclic amines) is 1. The lowest BCUT2D eigenvalue weighted by Crippen LogP contribution is -2.37. The quantitative estimate of drug-likeness (QED) is 0.895. The zero-order valence-corrected chi connectivity index (χ0v) is 12.7. The Bertz CT molecular complexity index is 468. The van der Waals surface area contributed by atoms with E-state index in [-0.39, 0.29) is 0 Å². The topological polar surface area (TPSA) is 39.1 Å². The molecule has 20 heavy (non-hydrogen) atoms. The van der Waals surface area contributed by atoms with Crippen LogP contribution in [-0.4, -0.2) is 31.1 Å². The van der Waals surface area contributed by atoms with Crippen molar-refractivity contribution < 1.29 is 0 Å². The molecule has 1 heterocycles. The molecule has 0 amide bonds. The molecular weight excluding hydrogens is 246 g/mol. The van der Waals surface area contributed by atoms with Crippen LogP contribution in [0.3, 0.4) is 0 Å². The molecule has 0 aromatic heterocycles. The highest BCUT2D eigenvalue weighted by atomic mass is 15.1. The van der Waals surface area contributed by atoms with Crippen molar-refractivity contribution in [1.82, 2.24) is 10.2 Å². The highest BCUT2D eigenvalue weighted by Crippen LogP contribution is 2.16. The zero-order chi connectivity index (χ0) is 14.4. The van der Waals surface area contributed by atoms with Gasteiger partial charge in [-0.05, 0) is 75.1 Å². The van der Waals surface area contributed by atoms with E-state index in [0.29, 0.717) is 0 Å². The zero-order valence-electron chi connectivity index (χ0n) is 12.7. The van der Waals surface area contributed by atoms with Gasteiger partial charge in [0.05, 0.1) is 11.6 Å². The maximum absolute atomic E-state index is 8.87. The number of hydrogen-bond donors (Lipinski definition) is 1. The predicted molar refractivity (Wildman–Crippen MR) is 82.4 cm³/mol. The van der Waals surface area contributed by atoms with Gasteiger partial charge in [0.2, 0.25) is 0 Å². The summed E-state index contributed by atoms with van der Waals surface area (Å²) in [6, 6.07) is 8.13. The van der Waals surface area contributed by atoms with Gasteiger partial charge >= 0.3 is 0 Å². The van der Waals surface area contributed by atoms with E-state index in [2.05, 4.69) is 36.2 Å². The molecule has 1 aliphatic rings. The van der Waals surface area contributed by atoms with Gasteiger partial charge in [-0.1, -0.05) is 13.0 Å². The van der Waals surface area contributed by atoms with Gasteiger partial charge in [0.25, 0.3) is 0 Å². The number of rotatable bonds is 5. The maximum Gasteiger partial charge on any atom is 0.0991 e. The molecule has 0 atom stereocenters. The van der Waals surface area contributed by atoms with Crippen molar-refractivity contribution in [2.45, 2.75) is 33.2 Å². The van der Waals surface area contributed by atoms with E-state index < -0.39 is 0 Å². The van der Waals surface area contributed by atoms with Gasteiger partial charge in [-0.15, -0.1) is 0 Å². The van der Waals surface area contributed by atoms with Crippen LogP contribution < -0.4 is 5.32 Å². The van der Waals surface area contributed by atoms with Crippen LogP contribution in [0.4, 0.5) is 0 Å². The Hall–Kier alpha value is -1.37. The minimum Gasteiger partial charge on any atom is -0.312 e. The summed E-state index contributed by atoms with van der Waals surface area (Å²) in [5, 5.41) is 12.5. The average molecular weight is 271 g/mol. The second-order valence-corrected chi connectivity index (χ2v) is 5.76. The fraction of sp³-hybridized carbons (Fsp3) is 0.588. The second kappa shape index (κ2) is 7.42. The Balaban J connectivity index is 1.75. The lowest BCUT2D eigenvalue weighted by Gasteiger charge is -2.31. The molecule has 0 aliphatic carbocycles. The van der Waals surface area contributed by atoms with Crippen LogP contribution in [0.25, 0.3) is 0 Å². The molecule has 1 aromatic carbocycles. The van der Waals surface area contributed by atoms with Gasteiger partial charge in [-0.3, -0.25) is 0 Å². The van der Waals surface area contributed by atoms with Gasteiger partial charge in [-0.2, -0.15) is 5.26 Å². The second-order valence-electron chi connectivity index (χ2n) is 5.76. The number of nitrogens with one attached hydrogen (secondary N) is 1.